The van der Waals surface area contributed by atoms with E-state index in [9.17, 15) is 4.79 Å². The molecule has 2 N–H and O–H groups in total. The van der Waals surface area contributed by atoms with Crippen molar-refractivity contribution in [2.45, 2.75) is 13.0 Å². The van der Waals surface area contributed by atoms with Gasteiger partial charge in [0, 0.05) is 18.8 Å². The number of aromatic nitrogens is 3. The number of nitrogens with one attached hydrogen (secondary N) is 2. The SMILES string of the molecule is C=CC(=O)NCc1cc(-c2cncnc2NCCc2ccccc2)on1. The van der Waals surface area contributed by atoms with Gasteiger partial charge in [0.1, 0.15) is 17.8 Å². The van der Waals surface area contributed by atoms with Crippen molar-refractivity contribution in [2.75, 3.05) is 11.9 Å². The summed E-state index contributed by atoms with van der Waals surface area (Å²) in [5, 5.41) is 9.92. The largest absolute Gasteiger partial charge is 0.369 e. The number of nitrogens with zero attached hydrogens (tertiary/aromatic N) is 3. The summed E-state index contributed by atoms with van der Waals surface area (Å²) in [6.45, 7) is 4.40. The number of benzene rings is 1. The molecule has 0 aliphatic carbocycles. The molecule has 0 unspecified atom stereocenters. The molecular formula is C19H19N5O2. The molecule has 2 heterocycles. The van der Waals surface area contributed by atoms with Gasteiger partial charge in [-0.2, -0.15) is 0 Å². The first-order valence-electron chi connectivity index (χ1n) is 8.20. The molecule has 0 atom stereocenters. The van der Waals surface area contributed by atoms with Crippen molar-refractivity contribution in [3.05, 3.63) is 72.8 Å². The summed E-state index contributed by atoms with van der Waals surface area (Å²) >= 11 is 0. The quantitative estimate of drug-likeness (QED) is 0.607. The molecule has 0 saturated carbocycles. The summed E-state index contributed by atoms with van der Waals surface area (Å²) < 4.78 is 5.37. The molecule has 3 rings (SSSR count). The predicted molar refractivity (Wildman–Crippen MR) is 98.2 cm³/mol. The van der Waals surface area contributed by atoms with E-state index in [4.69, 9.17) is 4.52 Å². The van der Waals surface area contributed by atoms with Gasteiger partial charge in [0.2, 0.25) is 5.91 Å². The summed E-state index contributed by atoms with van der Waals surface area (Å²) in [7, 11) is 0. The van der Waals surface area contributed by atoms with Gasteiger partial charge in [0.15, 0.2) is 5.76 Å². The van der Waals surface area contributed by atoms with E-state index in [1.54, 1.807) is 12.3 Å². The highest BCUT2D eigenvalue weighted by Gasteiger charge is 2.13. The minimum Gasteiger partial charge on any atom is -0.369 e. The second kappa shape index (κ2) is 8.57. The fourth-order valence-corrected chi connectivity index (χ4v) is 2.39. The van der Waals surface area contributed by atoms with Crippen LogP contribution in [-0.2, 0) is 17.8 Å². The molecule has 0 aliphatic heterocycles. The minimum atomic E-state index is -0.263. The third-order valence-electron chi connectivity index (χ3n) is 3.71. The number of carbonyl (C=O) groups excluding carboxylic acids is 1. The maximum atomic E-state index is 11.2. The Labute approximate surface area is 151 Å². The zero-order chi connectivity index (χ0) is 18.2. The summed E-state index contributed by atoms with van der Waals surface area (Å²) in [6.07, 6.45) is 5.24. The number of hydrogen-bond donors (Lipinski definition) is 2. The van der Waals surface area contributed by atoms with Crippen molar-refractivity contribution < 1.29 is 9.32 Å². The highest BCUT2D eigenvalue weighted by atomic mass is 16.5. The lowest BCUT2D eigenvalue weighted by Crippen LogP contribution is -2.19. The van der Waals surface area contributed by atoms with E-state index in [2.05, 4.69) is 44.5 Å². The summed E-state index contributed by atoms with van der Waals surface area (Å²) in [6, 6.07) is 12.0. The monoisotopic (exact) mass is 349 g/mol. The predicted octanol–water partition coefficient (Wildman–Crippen LogP) is 2.59. The lowest BCUT2D eigenvalue weighted by molar-refractivity contribution is -0.116. The maximum absolute atomic E-state index is 11.2. The molecule has 1 aromatic carbocycles. The van der Waals surface area contributed by atoms with Crippen LogP contribution in [0.1, 0.15) is 11.3 Å². The number of amides is 1. The van der Waals surface area contributed by atoms with E-state index >= 15 is 0 Å². The molecule has 3 aromatic rings. The maximum Gasteiger partial charge on any atom is 0.243 e. The molecule has 0 bridgehead atoms. The van der Waals surface area contributed by atoms with E-state index in [0.717, 1.165) is 13.0 Å². The van der Waals surface area contributed by atoms with Crippen LogP contribution in [0, 0.1) is 0 Å². The first-order valence-corrected chi connectivity index (χ1v) is 8.20. The van der Waals surface area contributed by atoms with E-state index < -0.39 is 0 Å². The molecule has 132 valence electrons. The highest BCUT2D eigenvalue weighted by molar-refractivity contribution is 5.86. The molecular weight excluding hydrogens is 330 g/mol. The topological polar surface area (TPSA) is 92.9 Å². The number of carbonyl (C=O) groups is 1. The van der Waals surface area contributed by atoms with Crippen molar-refractivity contribution in [3.8, 4) is 11.3 Å². The second-order valence-electron chi connectivity index (χ2n) is 5.55. The van der Waals surface area contributed by atoms with Gasteiger partial charge in [-0.05, 0) is 18.1 Å². The van der Waals surface area contributed by atoms with Gasteiger partial charge in [-0.1, -0.05) is 42.1 Å². The molecule has 0 saturated heterocycles. The van der Waals surface area contributed by atoms with Crippen LogP contribution < -0.4 is 10.6 Å². The Balaban J connectivity index is 1.66. The van der Waals surface area contributed by atoms with Gasteiger partial charge in [-0.25, -0.2) is 9.97 Å². The van der Waals surface area contributed by atoms with Crippen molar-refractivity contribution >= 4 is 11.7 Å². The van der Waals surface area contributed by atoms with E-state index in [-0.39, 0.29) is 12.5 Å². The minimum absolute atomic E-state index is 0.263. The second-order valence-corrected chi connectivity index (χ2v) is 5.55. The van der Waals surface area contributed by atoms with E-state index in [1.165, 1.54) is 18.0 Å². The van der Waals surface area contributed by atoms with Crippen molar-refractivity contribution in [3.63, 3.8) is 0 Å². The molecule has 2 aromatic heterocycles. The molecule has 0 fully saturated rings. The number of anilines is 1. The van der Waals surface area contributed by atoms with Crippen LogP contribution in [0.3, 0.4) is 0 Å². The summed E-state index contributed by atoms with van der Waals surface area (Å²) in [5.41, 5.74) is 2.57. The fourth-order valence-electron chi connectivity index (χ4n) is 2.39. The van der Waals surface area contributed by atoms with Gasteiger partial charge < -0.3 is 15.2 Å². The van der Waals surface area contributed by atoms with Gasteiger partial charge >= 0.3 is 0 Å². The average molecular weight is 349 g/mol. The van der Waals surface area contributed by atoms with Crippen LogP contribution in [0.2, 0.25) is 0 Å². The molecule has 1 amide bonds. The first-order chi connectivity index (χ1) is 12.8. The van der Waals surface area contributed by atoms with Gasteiger partial charge in [-0.15, -0.1) is 0 Å². The van der Waals surface area contributed by atoms with Crippen LogP contribution in [0.25, 0.3) is 11.3 Å². The Bertz CT molecular complexity index is 876. The Morgan fingerprint density at radius 2 is 2.12 bits per heavy atom. The zero-order valence-corrected chi connectivity index (χ0v) is 14.2. The van der Waals surface area contributed by atoms with Crippen LogP contribution in [-0.4, -0.2) is 27.6 Å². The number of hydrogen-bond acceptors (Lipinski definition) is 6. The third kappa shape index (κ3) is 4.54. The molecule has 0 spiro atoms. The summed E-state index contributed by atoms with van der Waals surface area (Å²) in [5.74, 6) is 0.949. The number of rotatable bonds is 8. The first kappa shape index (κ1) is 17.3. The molecule has 0 radical (unpaired) electrons. The lowest BCUT2D eigenvalue weighted by Gasteiger charge is -2.08. The molecule has 26 heavy (non-hydrogen) atoms. The highest BCUT2D eigenvalue weighted by Crippen LogP contribution is 2.25. The fraction of sp³-hybridized carbons (Fsp3) is 0.158. The van der Waals surface area contributed by atoms with E-state index in [0.29, 0.717) is 22.8 Å². The molecule has 0 aliphatic rings. The third-order valence-corrected chi connectivity index (χ3v) is 3.71. The Morgan fingerprint density at radius 1 is 1.27 bits per heavy atom. The lowest BCUT2D eigenvalue weighted by atomic mass is 10.1. The Kier molecular flexibility index (Phi) is 5.72. The van der Waals surface area contributed by atoms with Gasteiger partial charge in [0.05, 0.1) is 12.1 Å². The average Bonchev–Trinajstić information content (AvgIpc) is 3.16. The van der Waals surface area contributed by atoms with Crippen LogP contribution in [0.5, 0.6) is 0 Å². The molecule has 7 nitrogen and oxygen atoms in total. The van der Waals surface area contributed by atoms with Crippen LogP contribution >= 0.6 is 0 Å². The Hall–Kier alpha value is -3.48. The van der Waals surface area contributed by atoms with Crippen molar-refractivity contribution in [2.24, 2.45) is 0 Å². The van der Waals surface area contributed by atoms with Crippen molar-refractivity contribution in [1.82, 2.24) is 20.4 Å². The molecule has 7 heteroatoms. The Morgan fingerprint density at radius 3 is 2.92 bits per heavy atom. The normalized spacial score (nSPS) is 10.3. The standard InChI is InChI=1S/C19H19N5O2/c1-2-18(25)22-11-15-10-17(26-24-15)16-12-20-13-23-19(16)21-9-8-14-6-4-3-5-7-14/h2-7,10,12-13H,1,8-9,11H2,(H,22,25)(H,20,21,23). The summed E-state index contributed by atoms with van der Waals surface area (Å²) in [4.78, 5) is 19.6. The smallest absolute Gasteiger partial charge is 0.243 e. The van der Waals surface area contributed by atoms with Gasteiger partial charge in [-0.3, -0.25) is 4.79 Å². The van der Waals surface area contributed by atoms with Gasteiger partial charge in [0.25, 0.3) is 0 Å². The van der Waals surface area contributed by atoms with Crippen LogP contribution in [0.15, 0.2) is 66.1 Å². The van der Waals surface area contributed by atoms with Crippen LogP contribution in [0.4, 0.5) is 5.82 Å². The van der Waals surface area contributed by atoms with Crippen molar-refractivity contribution in [1.29, 1.82) is 0 Å². The van der Waals surface area contributed by atoms with E-state index in [1.807, 2.05) is 18.2 Å². The zero-order valence-electron chi connectivity index (χ0n) is 14.2.